The Labute approximate surface area is 174 Å². The molecule has 1 saturated heterocycles. The van der Waals surface area contributed by atoms with Crippen molar-refractivity contribution in [1.82, 2.24) is 4.98 Å². The molecule has 0 radical (unpaired) electrons. The van der Waals surface area contributed by atoms with Crippen molar-refractivity contribution in [2.75, 3.05) is 36.5 Å². The summed E-state index contributed by atoms with van der Waals surface area (Å²) in [5.74, 6) is 0.985. The van der Waals surface area contributed by atoms with Crippen LogP contribution in [0.3, 0.4) is 0 Å². The number of benzene rings is 2. The van der Waals surface area contributed by atoms with Crippen molar-refractivity contribution in [1.29, 1.82) is 0 Å². The van der Waals surface area contributed by atoms with Crippen molar-refractivity contribution in [3.8, 4) is 11.5 Å². The summed E-state index contributed by atoms with van der Waals surface area (Å²) in [5.41, 5.74) is 3.13. The van der Waals surface area contributed by atoms with E-state index in [1.165, 1.54) is 0 Å². The Morgan fingerprint density at radius 2 is 1.93 bits per heavy atom. The van der Waals surface area contributed by atoms with Crippen LogP contribution in [0.15, 0.2) is 52.9 Å². The van der Waals surface area contributed by atoms with E-state index in [0.29, 0.717) is 41.3 Å². The van der Waals surface area contributed by atoms with Gasteiger partial charge in [-0.2, -0.15) is 0 Å². The topological polar surface area (TPSA) is 67.6 Å². The van der Waals surface area contributed by atoms with Crippen molar-refractivity contribution in [3.05, 3.63) is 65.0 Å². The molecule has 2 aromatic carbocycles. The molecule has 0 aliphatic carbocycles. The van der Waals surface area contributed by atoms with Crippen LogP contribution < -0.4 is 10.2 Å². The first-order valence-electron chi connectivity index (χ1n) is 9.54. The summed E-state index contributed by atoms with van der Waals surface area (Å²) in [7, 11) is 0. The molecule has 0 saturated carbocycles. The summed E-state index contributed by atoms with van der Waals surface area (Å²) in [6, 6.07) is 15.2. The van der Waals surface area contributed by atoms with Gasteiger partial charge in [0.15, 0.2) is 0 Å². The van der Waals surface area contributed by atoms with Gasteiger partial charge in [0, 0.05) is 23.7 Å². The Balaban J connectivity index is 1.50. The molecule has 0 unspecified atom stereocenters. The van der Waals surface area contributed by atoms with Crippen molar-refractivity contribution in [2.45, 2.75) is 13.3 Å². The third-order valence-corrected chi connectivity index (χ3v) is 5.06. The second kappa shape index (κ2) is 8.68. The number of anilines is 2. The lowest BCUT2D eigenvalue weighted by molar-refractivity contribution is -0.115. The van der Waals surface area contributed by atoms with Crippen LogP contribution >= 0.6 is 11.6 Å². The zero-order valence-corrected chi connectivity index (χ0v) is 16.9. The average Bonchev–Trinajstić information content (AvgIpc) is 3.09. The van der Waals surface area contributed by atoms with Gasteiger partial charge in [-0.3, -0.25) is 4.79 Å². The summed E-state index contributed by atoms with van der Waals surface area (Å²) in [6.45, 7) is 4.69. The maximum atomic E-state index is 12.7. The van der Waals surface area contributed by atoms with Crippen LogP contribution in [-0.2, 0) is 16.0 Å². The van der Waals surface area contributed by atoms with E-state index >= 15 is 0 Å². The van der Waals surface area contributed by atoms with Gasteiger partial charge in [0.05, 0.1) is 36.7 Å². The highest BCUT2D eigenvalue weighted by Gasteiger charge is 2.19. The van der Waals surface area contributed by atoms with Crippen LogP contribution in [0.2, 0.25) is 5.02 Å². The number of morpholine rings is 1. The fraction of sp³-hybridized carbons (Fsp3) is 0.273. The molecular weight excluding hydrogens is 390 g/mol. The van der Waals surface area contributed by atoms with Gasteiger partial charge < -0.3 is 19.4 Å². The third-order valence-electron chi connectivity index (χ3n) is 4.83. The largest absolute Gasteiger partial charge is 0.441 e. The first-order valence-corrected chi connectivity index (χ1v) is 9.92. The van der Waals surface area contributed by atoms with E-state index in [2.05, 4.69) is 15.2 Å². The van der Waals surface area contributed by atoms with Crippen molar-refractivity contribution in [2.24, 2.45) is 0 Å². The van der Waals surface area contributed by atoms with E-state index in [1.54, 1.807) is 6.07 Å². The van der Waals surface area contributed by atoms with Gasteiger partial charge in [-0.05, 0) is 37.3 Å². The number of hydrogen-bond donors (Lipinski definition) is 1. The minimum Gasteiger partial charge on any atom is -0.441 e. The van der Waals surface area contributed by atoms with E-state index in [0.717, 1.165) is 24.3 Å². The van der Waals surface area contributed by atoms with Crippen molar-refractivity contribution >= 4 is 28.9 Å². The summed E-state index contributed by atoms with van der Waals surface area (Å²) in [5, 5.41) is 3.56. The van der Waals surface area contributed by atoms with Crippen LogP contribution in [0.25, 0.3) is 11.5 Å². The van der Waals surface area contributed by atoms with E-state index in [-0.39, 0.29) is 12.3 Å². The number of aromatic nitrogens is 1. The lowest BCUT2D eigenvalue weighted by atomic mass is 10.2. The Bertz CT molecular complexity index is 998. The minimum absolute atomic E-state index is 0.122. The Morgan fingerprint density at radius 3 is 2.69 bits per heavy atom. The van der Waals surface area contributed by atoms with Crippen molar-refractivity contribution < 1.29 is 13.9 Å². The van der Waals surface area contributed by atoms with Gasteiger partial charge in [-0.25, -0.2) is 4.98 Å². The molecule has 3 aromatic rings. The molecular formula is C22H22ClN3O3. The SMILES string of the molecule is Cc1oc(-c2ccccc2)nc1CC(=O)Nc1cc(Cl)ccc1N1CCOCC1. The fourth-order valence-corrected chi connectivity index (χ4v) is 3.50. The van der Waals surface area contributed by atoms with E-state index in [1.807, 2.05) is 49.4 Å². The van der Waals surface area contributed by atoms with Crippen LogP contribution in [0, 0.1) is 6.92 Å². The number of aryl methyl sites for hydroxylation is 1. The lowest BCUT2D eigenvalue weighted by Crippen LogP contribution is -2.36. The first kappa shape index (κ1) is 19.5. The molecule has 1 fully saturated rings. The molecule has 6 nitrogen and oxygen atoms in total. The van der Waals surface area contributed by atoms with Crippen LogP contribution in [-0.4, -0.2) is 37.2 Å². The predicted molar refractivity (Wildman–Crippen MR) is 113 cm³/mol. The van der Waals surface area contributed by atoms with Crippen LogP contribution in [0.4, 0.5) is 11.4 Å². The molecule has 0 bridgehead atoms. The number of halogens is 1. The Hall–Kier alpha value is -2.83. The zero-order valence-electron chi connectivity index (χ0n) is 16.2. The minimum atomic E-state index is -0.169. The van der Waals surface area contributed by atoms with Crippen molar-refractivity contribution in [3.63, 3.8) is 0 Å². The van der Waals surface area contributed by atoms with Crippen LogP contribution in [0.5, 0.6) is 0 Å². The fourth-order valence-electron chi connectivity index (χ4n) is 3.33. The highest BCUT2D eigenvalue weighted by atomic mass is 35.5. The highest BCUT2D eigenvalue weighted by molar-refractivity contribution is 6.31. The number of hydrogen-bond acceptors (Lipinski definition) is 5. The molecule has 1 N–H and O–H groups in total. The van der Waals surface area contributed by atoms with Gasteiger partial charge >= 0.3 is 0 Å². The second-order valence-corrected chi connectivity index (χ2v) is 7.31. The molecule has 1 aliphatic heterocycles. The normalized spacial score (nSPS) is 14.1. The number of rotatable bonds is 5. The first-order chi connectivity index (χ1) is 14.1. The Morgan fingerprint density at radius 1 is 1.17 bits per heavy atom. The molecule has 29 heavy (non-hydrogen) atoms. The van der Waals surface area contributed by atoms with E-state index in [4.69, 9.17) is 20.8 Å². The molecule has 0 spiro atoms. The third kappa shape index (κ3) is 4.60. The summed E-state index contributed by atoms with van der Waals surface area (Å²) in [4.78, 5) is 19.4. The van der Waals surface area contributed by atoms with E-state index < -0.39 is 0 Å². The van der Waals surface area contributed by atoms with Gasteiger partial charge in [-0.1, -0.05) is 29.8 Å². The number of ether oxygens (including phenoxy) is 1. The van der Waals surface area contributed by atoms with Gasteiger partial charge in [0.2, 0.25) is 11.8 Å². The molecule has 2 heterocycles. The number of amides is 1. The standard InChI is InChI=1S/C22H22ClN3O3/c1-15-18(25-22(29-15)16-5-3-2-4-6-16)14-21(27)24-19-13-17(23)7-8-20(19)26-9-11-28-12-10-26/h2-8,13H,9-12,14H2,1H3,(H,24,27). The molecule has 7 heteroatoms. The average molecular weight is 412 g/mol. The van der Waals surface area contributed by atoms with Gasteiger partial charge in [-0.15, -0.1) is 0 Å². The summed E-state index contributed by atoms with van der Waals surface area (Å²) < 4.78 is 11.2. The summed E-state index contributed by atoms with van der Waals surface area (Å²) in [6.07, 6.45) is 0.122. The lowest BCUT2D eigenvalue weighted by Gasteiger charge is -2.30. The molecule has 0 atom stereocenters. The summed E-state index contributed by atoms with van der Waals surface area (Å²) >= 11 is 6.17. The van der Waals surface area contributed by atoms with E-state index in [9.17, 15) is 4.79 Å². The highest BCUT2D eigenvalue weighted by Crippen LogP contribution is 2.30. The van der Waals surface area contributed by atoms with Gasteiger partial charge in [0.1, 0.15) is 5.76 Å². The molecule has 150 valence electrons. The quantitative estimate of drug-likeness (QED) is 0.677. The zero-order chi connectivity index (χ0) is 20.2. The molecule has 1 aliphatic rings. The van der Waals surface area contributed by atoms with Crippen LogP contribution in [0.1, 0.15) is 11.5 Å². The number of nitrogens with zero attached hydrogens (tertiary/aromatic N) is 2. The molecule has 1 amide bonds. The monoisotopic (exact) mass is 411 g/mol. The number of carbonyl (C=O) groups is 1. The smallest absolute Gasteiger partial charge is 0.230 e. The number of oxazole rings is 1. The molecule has 1 aromatic heterocycles. The Kier molecular flexibility index (Phi) is 5.83. The maximum absolute atomic E-state index is 12.7. The second-order valence-electron chi connectivity index (χ2n) is 6.87. The predicted octanol–water partition coefficient (Wildman–Crippen LogP) is 4.32. The molecule has 4 rings (SSSR count). The number of carbonyl (C=O) groups excluding carboxylic acids is 1. The van der Waals surface area contributed by atoms with Gasteiger partial charge in [0.25, 0.3) is 0 Å². The number of nitrogens with one attached hydrogen (secondary N) is 1. The maximum Gasteiger partial charge on any atom is 0.230 e.